The van der Waals surface area contributed by atoms with Gasteiger partial charge >= 0.3 is 0 Å². The molecule has 1 aromatic carbocycles. The van der Waals surface area contributed by atoms with Crippen molar-refractivity contribution < 1.29 is 14.4 Å². The molecule has 1 aliphatic heterocycles. The fourth-order valence-corrected chi connectivity index (χ4v) is 4.84. The Kier molecular flexibility index (Phi) is 7.34. The average molecular weight is 537 g/mol. The number of likely N-dealkylation sites (tertiary alicyclic amines) is 1. The highest BCUT2D eigenvalue weighted by Crippen LogP contribution is 2.52. The summed E-state index contributed by atoms with van der Waals surface area (Å²) in [5.74, 6) is 0.531. The summed E-state index contributed by atoms with van der Waals surface area (Å²) < 4.78 is 0. The lowest BCUT2D eigenvalue weighted by atomic mass is 9.85. The molecule has 1 heterocycles. The van der Waals surface area contributed by atoms with Gasteiger partial charge in [-0.05, 0) is 36.0 Å². The number of guanidine groups is 1. The molecule has 3 amide bonds. The highest BCUT2D eigenvalue weighted by molar-refractivity contribution is 14.0. The molecule has 0 spiro atoms. The molecule has 8 nitrogen and oxygen atoms in total. The summed E-state index contributed by atoms with van der Waals surface area (Å²) in [6.45, 7) is 1.25. The molecule has 4 rings (SSSR count). The normalized spacial score (nSPS) is 26.0. The first-order valence-electron chi connectivity index (χ1n) is 10.3. The molecule has 2 bridgehead atoms. The third-order valence-corrected chi connectivity index (χ3v) is 6.29. The molecule has 166 valence electrons. The highest BCUT2D eigenvalue weighted by Gasteiger charge is 2.58. The second-order valence-corrected chi connectivity index (χ2v) is 7.96. The fourth-order valence-electron chi connectivity index (χ4n) is 4.84. The minimum atomic E-state index is -0.155. The van der Waals surface area contributed by atoms with Crippen molar-refractivity contribution in [3.63, 3.8) is 0 Å². The van der Waals surface area contributed by atoms with Crippen LogP contribution in [0.4, 0.5) is 0 Å². The van der Waals surface area contributed by atoms with Gasteiger partial charge in [0.1, 0.15) is 0 Å². The maximum Gasteiger partial charge on any atom is 0.251 e. The van der Waals surface area contributed by atoms with Crippen molar-refractivity contribution >= 4 is 47.7 Å². The summed E-state index contributed by atoms with van der Waals surface area (Å²) in [5.41, 5.74) is 1.54. The Labute approximate surface area is 198 Å². The second kappa shape index (κ2) is 9.80. The number of hydrogen-bond acceptors (Lipinski definition) is 4. The summed E-state index contributed by atoms with van der Waals surface area (Å²) in [5, 5.41) is 8.96. The number of nitrogens with zero attached hydrogens (tertiary/aromatic N) is 2. The summed E-state index contributed by atoms with van der Waals surface area (Å²) in [6, 6.07) is 7.34. The quantitative estimate of drug-likeness (QED) is 0.166. The summed E-state index contributed by atoms with van der Waals surface area (Å²) in [7, 11) is 3.26. The predicted molar refractivity (Wildman–Crippen MR) is 128 cm³/mol. The topological polar surface area (TPSA) is 103 Å². The van der Waals surface area contributed by atoms with Crippen LogP contribution < -0.4 is 16.0 Å². The molecule has 31 heavy (non-hydrogen) atoms. The largest absolute Gasteiger partial charge is 0.355 e. The minimum absolute atomic E-state index is 0. The average Bonchev–Trinajstić information content (AvgIpc) is 3.45. The Bertz CT molecular complexity index is 901. The molecule has 9 heteroatoms. The number of carbonyl (C=O) groups excluding carboxylic acids is 3. The second-order valence-electron chi connectivity index (χ2n) is 7.96. The zero-order valence-corrected chi connectivity index (χ0v) is 20.0. The van der Waals surface area contributed by atoms with Crippen LogP contribution in [0.2, 0.25) is 0 Å². The third-order valence-electron chi connectivity index (χ3n) is 6.29. The Balaban J connectivity index is 0.00000272. The first kappa shape index (κ1) is 23.2. The lowest BCUT2D eigenvalue weighted by Gasteiger charge is -2.18. The number of carbonyl (C=O) groups is 3. The zero-order chi connectivity index (χ0) is 21.3. The van der Waals surface area contributed by atoms with Crippen LogP contribution in [0.1, 0.15) is 22.3 Å². The molecule has 2 fully saturated rings. The van der Waals surface area contributed by atoms with Gasteiger partial charge in [-0.1, -0.05) is 24.3 Å². The number of fused-ring (bicyclic) bond motifs is 5. The van der Waals surface area contributed by atoms with Crippen molar-refractivity contribution in [2.45, 2.75) is 13.0 Å². The molecule has 0 aromatic heterocycles. The molecule has 3 aliphatic rings. The number of halogens is 1. The smallest absolute Gasteiger partial charge is 0.251 e. The minimum Gasteiger partial charge on any atom is -0.355 e. The van der Waals surface area contributed by atoms with Gasteiger partial charge in [0.25, 0.3) is 5.91 Å². The van der Waals surface area contributed by atoms with E-state index in [9.17, 15) is 14.4 Å². The van der Waals surface area contributed by atoms with E-state index in [1.165, 1.54) is 4.90 Å². The number of amides is 3. The standard InChI is InChI=1S/C22H27N5O3.HI/c1-23-19(28)16-5-3-4-13(10-16)12-26-22(24-2)25-8-9-27-20(29)17-14-6-7-15(11-14)18(17)21(27)30;/h3-7,10,14-15,17-18H,8-9,11-12H2,1-2H3,(H,23,28)(H2,24,25,26);1H. The van der Waals surface area contributed by atoms with E-state index < -0.39 is 0 Å². The van der Waals surface area contributed by atoms with Crippen LogP contribution in [0, 0.1) is 23.7 Å². The van der Waals surface area contributed by atoms with Gasteiger partial charge in [0, 0.05) is 39.3 Å². The van der Waals surface area contributed by atoms with Crippen molar-refractivity contribution in [1.82, 2.24) is 20.9 Å². The highest BCUT2D eigenvalue weighted by atomic mass is 127. The SMILES string of the molecule is CN=C(NCCN1C(=O)C2C3C=CC(C3)C2C1=O)NCc1cccc(C(=O)NC)c1.I. The van der Waals surface area contributed by atoms with Gasteiger partial charge in [-0.2, -0.15) is 0 Å². The number of benzene rings is 1. The van der Waals surface area contributed by atoms with Crippen molar-refractivity contribution in [3.8, 4) is 0 Å². The first-order chi connectivity index (χ1) is 14.5. The Morgan fingerprint density at radius 3 is 2.42 bits per heavy atom. The van der Waals surface area contributed by atoms with Gasteiger partial charge in [-0.15, -0.1) is 24.0 Å². The van der Waals surface area contributed by atoms with E-state index in [1.807, 2.05) is 18.2 Å². The maximum absolute atomic E-state index is 12.7. The van der Waals surface area contributed by atoms with E-state index in [-0.39, 0.29) is 65.4 Å². The van der Waals surface area contributed by atoms with Crippen LogP contribution in [-0.4, -0.2) is 55.8 Å². The van der Waals surface area contributed by atoms with E-state index in [0.29, 0.717) is 31.2 Å². The monoisotopic (exact) mass is 537 g/mol. The molecule has 1 aromatic rings. The van der Waals surface area contributed by atoms with Crippen molar-refractivity contribution in [3.05, 3.63) is 47.5 Å². The van der Waals surface area contributed by atoms with Crippen LogP contribution in [0.25, 0.3) is 0 Å². The number of imide groups is 1. The molecular weight excluding hydrogens is 509 g/mol. The molecule has 4 atom stereocenters. The van der Waals surface area contributed by atoms with Gasteiger partial charge in [-0.25, -0.2) is 0 Å². The lowest BCUT2D eigenvalue weighted by molar-refractivity contribution is -0.140. The molecule has 1 saturated carbocycles. The van der Waals surface area contributed by atoms with Crippen LogP contribution in [0.5, 0.6) is 0 Å². The molecule has 3 N–H and O–H groups in total. The molecular formula is C22H28IN5O3. The van der Waals surface area contributed by atoms with Crippen LogP contribution in [-0.2, 0) is 16.1 Å². The number of rotatable bonds is 6. The van der Waals surface area contributed by atoms with Crippen LogP contribution in [0.3, 0.4) is 0 Å². The Morgan fingerprint density at radius 2 is 1.81 bits per heavy atom. The van der Waals surface area contributed by atoms with Crippen molar-refractivity contribution in [2.24, 2.45) is 28.7 Å². The van der Waals surface area contributed by atoms with Crippen LogP contribution in [0.15, 0.2) is 41.4 Å². The van der Waals surface area contributed by atoms with E-state index >= 15 is 0 Å². The van der Waals surface area contributed by atoms with E-state index in [2.05, 4.69) is 33.1 Å². The van der Waals surface area contributed by atoms with Gasteiger partial charge in [0.05, 0.1) is 11.8 Å². The molecule has 4 unspecified atom stereocenters. The molecule has 2 aliphatic carbocycles. The third kappa shape index (κ3) is 4.46. The van der Waals surface area contributed by atoms with Gasteiger partial charge < -0.3 is 16.0 Å². The van der Waals surface area contributed by atoms with Crippen molar-refractivity contribution in [2.75, 3.05) is 27.2 Å². The Hall–Kier alpha value is -2.43. The summed E-state index contributed by atoms with van der Waals surface area (Å²) >= 11 is 0. The number of nitrogens with one attached hydrogen (secondary N) is 3. The predicted octanol–water partition coefficient (Wildman–Crippen LogP) is 1.14. The summed E-state index contributed by atoms with van der Waals surface area (Å²) in [6.07, 6.45) is 5.14. The number of aliphatic imine (C=N–C) groups is 1. The fraction of sp³-hybridized carbons (Fsp3) is 0.455. The number of hydrogen-bond donors (Lipinski definition) is 3. The van der Waals surface area contributed by atoms with E-state index in [1.54, 1.807) is 20.2 Å². The maximum atomic E-state index is 12.7. The Morgan fingerprint density at radius 1 is 1.13 bits per heavy atom. The number of allylic oxidation sites excluding steroid dienone is 2. The molecule has 0 radical (unpaired) electrons. The first-order valence-corrected chi connectivity index (χ1v) is 10.3. The van der Waals surface area contributed by atoms with E-state index in [4.69, 9.17) is 0 Å². The van der Waals surface area contributed by atoms with Crippen molar-refractivity contribution in [1.29, 1.82) is 0 Å². The zero-order valence-electron chi connectivity index (χ0n) is 17.6. The van der Waals surface area contributed by atoms with Gasteiger partial charge in [0.2, 0.25) is 11.8 Å². The lowest BCUT2D eigenvalue weighted by Crippen LogP contribution is -2.43. The van der Waals surface area contributed by atoms with Gasteiger partial charge in [0.15, 0.2) is 5.96 Å². The van der Waals surface area contributed by atoms with Crippen LogP contribution >= 0.6 is 24.0 Å². The van der Waals surface area contributed by atoms with E-state index in [0.717, 1.165) is 12.0 Å². The summed E-state index contributed by atoms with van der Waals surface area (Å²) in [4.78, 5) is 42.8. The molecule has 1 saturated heterocycles. The van der Waals surface area contributed by atoms with Gasteiger partial charge in [-0.3, -0.25) is 24.3 Å².